The molecule has 3 aromatic rings. The van der Waals surface area contributed by atoms with Gasteiger partial charge in [-0.1, -0.05) is 6.07 Å². The fraction of sp³-hybridized carbons (Fsp3) is 0. The molecule has 0 aliphatic carbocycles. The molecule has 0 spiro atoms. The first-order chi connectivity index (χ1) is 8.27. The maximum atomic E-state index is 11.1. The Morgan fingerprint density at radius 1 is 1.29 bits per heavy atom. The van der Waals surface area contributed by atoms with E-state index in [0.717, 1.165) is 5.52 Å². The molecular weight excluding hydrogens is 220 g/mol. The van der Waals surface area contributed by atoms with Crippen LogP contribution in [0.15, 0.2) is 43.1 Å². The molecule has 3 rings (SSSR count). The average molecular weight is 228 g/mol. The zero-order valence-corrected chi connectivity index (χ0v) is 8.69. The summed E-state index contributed by atoms with van der Waals surface area (Å²) in [5.74, 6) is -0.512. The second-order valence-corrected chi connectivity index (χ2v) is 3.49. The number of pyridine rings is 1. The predicted molar refractivity (Wildman–Crippen MR) is 59.3 cm³/mol. The molecule has 0 radical (unpaired) electrons. The second-order valence-electron chi connectivity index (χ2n) is 3.49. The number of nitrogens with zero attached hydrogens (tertiary/aromatic N) is 4. The molecule has 3 aromatic heterocycles. The summed E-state index contributed by atoms with van der Waals surface area (Å²) in [5.41, 5.74) is 0.725. The van der Waals surface area contributed by atoms with Crippen LogP contribution < -0.4 is 0 Å². The molecule has 0 saturated carbocycles. The minimum Gasteiger partial charge on any atom is -0.475 e. The number of carboxylic acid groups (broad SMARTS) is 1. The summed E-state index contributed by atoms with van der Waals surface area (Å²) in [6.45, 7) is 0. The first-order valence-corrected chi connectivity index (χ1v) is 4.96. The predicted octanol–water partition coefficient (Wildman–Crippen LogP) is 1.22. The smallest absolute Gasteiger partial charge is 0.372 e. The molecular formula is C11H8N4O2. The van der Waals surface area contributed by atoms with Gasteiger partial charge in [-0.2, -0.15) is 0 Å². The Morgan fingerprint density at radius 2 is 2.18 bits per heavy atom. The van der Waals surface area contributed by atoms with Crippen LogP contribution >= 0.6 is 0 Å². The molecule has 0 aromatic carbocycles. The van der Waals surface area contributed by atoms with E-state index in [0.29, 0.717) is 5.82 Å². The van der Waals surface area contributed by atoms with E-state index in [9.17, 15) is 4.79 Å². The van der Waals surface area contributed by atoms with Crippen LogP contribution in [0, 0.1) is 0 Å². The summed E-state index contributed by atoms with van der Waals surface area (Å²) in [4.78, 5) is 19.1. The van der Waals surface area contributed by atoms with E-state index in [2.05, 4.69) is 9.97 Å². The van der Waals surface area contributed by atoms with Gasteiger partial charge in [0.15, 0.2) is 5.82 Å². The van der Waals surface area contributed by atoms with Gasteiger partial charge in [-0.05, 0) is 12.1 Å². The number of aromatic nitrogens is 4. The first kappa shape index (κ1) is 9.59. The van der Waals surface area contributed by atoms with Crippen molar-refractivity contribution < 1.29 is 9.90 Å². The molecule has 6 heteroatoms. The van der Waals surface area contributed by atoms with E-state index in [1.807, 2.05) is 12.1 Å². The normalized spacial score (nSPS) is 10.8. The van der Waals surface area contributed by atoms with Gasteiger partial charge in [0.2, 0.25) is 5.82 Å². The molecule has 0 aliphatic rings. The Morgan fingerprint density at radius 3 is 2.88 bits per heavy atom. The van der Waals surface area contributed by atoms with Crippen molar-refractivity contribution in [3.05, 3.63) is 48.9 Å². The summed E-state index contributed by atoms with van der Waals surface area (Å²) >= 11 is 0. The molecule has 0 bridgehead atoms. The van der Waals surface area contributed by atoms with Crippen LogP contribution in [-0.2, 0) is 0 Å². The molecule has 0 aliphatic heterocycles. The van der Waals surface area contributed by atoms with Crippen LogP contribution in [0.1, 0.15) is 10.6 Å². The maximum Gasteiger partial charge on any atom is 0.372 e. The van der Waals surface area contributed by atoms with Gasteiger partial charge in [0.1, 0.15) is 6.33 Å². The number of hydrogen-bond donors (Lipinski definition) is 1. The highest BCUT2D eigenvalue weighted by Crippen LogP contribution is 2.16. The molecule has 84 valence electrons. The Hall–Kier alpha value is -2.63. The second kappa shape index (κ2) is 3.44. The maximum absolute atomic E-state index is 11.1. The van der Waals surface area contributed by atoms with E-state index in [1.54, 1.807) is 35.6 Å². The van der Waals surface area contributed by atoms with Gasteiger partial charge >= 0.3 is 5.97 Å². The van der Waals surface area contributed by atoms with Crippen molar-refractivity contribution in [3.8, 4) is 5.82 Å². The minimum atomic E-state index is -1.06. The standard InChI is InChI=1S/C11H8N4O2/c16-11(17)10-13-9(14-6-4-12-7-14)8-3-1-2-5-15(8)10/h1-7H,(H,16,17). The zero-order chi connectivity index (χ0) is 11.8. The minimum absolute atomic E-state index is 0.00991. The SMILES string of the molecule is O=C(O)c1nc(-n2ccnc2)c2ccccn12. The third-order valence-electron chi connectivity index (χ3n) is 2.47. The topological polar surface area (TPSA) is 72.4 Å². The van der Waals surface area contributed by atoms with Gasteiger partial charge in [-0.3, -0.25) is 8.97 Å². The number of rotatable bonds is 2. The van der Waals surface area contributed by atoms with Crippen molar-refractivity contribution in [1.82, 2.24) is 18.9 Å². The molecule has 17 heavy (non-hydrogen) atoms. The lowest BCUT2D eigenvalue weighted by atomic mass is 10.4. The number of hydrogen-bond acceptors (Lipinski definition) is 3. The Labute approximate surface area is 95.8 Å². The van der Waals surface area contributed by atoms with Crippen molar-refractivity contribution in [2.45, 2.75) is 0 Å². The van der Waals surface area contributed by atoms with Crippen LogP contribution in [0.25, 0.3) is 11.3 Å². The van der Waals surface area contributed by atoms with Gasteiger partial charge in [-0.15, -0.1) is 0 Å². The van der Waals surface area contributed by atoms with E-state index < -0.39 is 5.97 Å². The monoisotopic (exact) mass is 228 g/mol. The van der Waals surface area contributed by atoms with Crippen molar-refractivity contribution in [1.29, 1.82) is 0 Å². The summed E-state index contributed by atoms with van der Waals surface area (Å²) < 4.78 is 3.22. The molecule has 0 atom stereocenters. The van der Waals surface area contributed by atoms with Crippen LogP contribution in [0.4, 0.5) is 0 Å². The van der Waals surface area contributed by atoms with Crippen LogP contribution in [0.3, 0.4) is 0 Å². The third-order valence-corrected chi connectivity index (χ3v) is 2.47. The highest BCUT2D eigenvalue weighted by Gasteiger charge is 2.16. The van der Waals surface area contributed by atoms with Crippen molar-refractivity contribution >= 4 is 11.5 Å². The molecule has 0 saturated heterocycles. The summed E-state index contributed by atoms with van der Waals surface area (Å²) in [6.07, 6.45) is 6.60. The summed E-state index contributed by atoms with van der Waals surface area (Å²) in [6, 6.07) is 5.41. The number of carbonyl (C=O) groups is 1. The lowest BCUT2D eigenvalue weighted by molar-refractivity contribution is 0.0683. The van der Waals surface area contributed by atoms with Crippen LogP contribution in [0.5, 0.6) is 0 Å². The largest absolute Gasteiger partial charge is 0.475 e. The molecule has 0 fully saturated rings. The van der Waals surface area contributed by atoms with Crippen molar-refractivity contribution in [2.75, 3.05) is 0 Å². The van der Waals surface area contributed by atoms with E-state index in [4.69, 9.17) is 5.11 Å². The lowest BCUT2D eigenvalue weighted by Gasteiger charge is -1.97. The first-order valence-electron chi connectivity index (χ1n) is 4.96. The van der Waals surface area contributed by atoms with Crippen LogP contribution in [-0.4, -0.2) is 30.0 Å². The zero-order valence-electron chi connectivity index (χ0n) is 8.69. The number of imidazole rings is 2. The molecule has 6 nitrogen and oxygen atoms in total. The van der Waals surface area contributed by atoms with Crippen molar-refractivity contribution in [2.24, 2.45) is 0 Å². The number of fused-ring (bicyclic) bond motifs is 1. The Kier molecular flexibility index (Phi) is 1.94. The molecule has 0 unspecified atom stereocenters. The van der Waals surface area contributed by atoms with E-state index in [-0.39, 0.29) is 5.82 Å². The van der Waals surface area contributed by atoms with Gasteiger partial charge in [0, 0.05) is 18.6 Å². The Bertz CT molecular complexity index is 685. The Balaban J connectivity index is 2.37. The van der Waals surface area contributed by atoms with E-state index in [1.165, 1.54) is 4.40 Å². The fourth-order valence-electron chi connectivity index (χ4n) is 1.75. The van der Waals surface area contributed by atoms with E-state index >= 15 is 0 Å². The quantitative estimate of drug-likeness (QED) is 0.715. The summed E-state index contributed by atoms with van der Waals surface area (Å²) in [7, 11) is 0. The molecule has 0 amide bonds. The third kappa shape index (κ3) is 1.38. The van der Waals surface area contributed by atoms with Crippen molar-refractivity contribution in [3.63, 3.8) is 0 Å². The number of aromatic carboxylic acids is 1. The lowest BCUT2D eigenvalue weighted by Crippen LogP contribution is -2.03. The highest BCUT2D eigenvalue weighted by molar-refractivity contribution is 5.86. The van der Waals surface area contributed by atoms with Gasteiger partial charge in [-0.25, -0.2) is 14.8 Å². The average Bonchev–Trinajstić information content (AvgIpc) is 2.95. The molecule has 3 heterocycles. The van der Waals surface area contributed by atoms with Crippen LogP contribution in [0.2, 0.25) is 0 Å². The number of carboxylic acids is 1. The fourth-order valence-corrected chi connectivity index (χ4v) is 1.75. The molecule has 1 N–H and O–H groups in total. The van der Waals surface area contributed by atoms with Gasteiger partial charge in [0.25, 0.3) is 0 Å². The highest BCUT2D eigenvalue weighted by atomic mass is 16.4. The van der Waals surface area contributed by atoms with Gasteiger partial charge in [0.05, 0.1) is 5.52 Å². The summed E-state index contributed by atoms with van der Waals surface area (Å²) in [5, 5.41) is 9.09. The van der Waals surface area contributed by atoms with Gasteiger partial charge < -0.3 is 5.11 Å².